The molecule has 1 aromatic rings. The summed E-state index contributed by atoms with van der Waals surface area (Å²) < 4.78 is 4.56. The van der Waals surface area contributed by atoms with E-state index in [1.807, 2.05) is 6.07 Å². The highest BCUT2D eigenvalue weighted by Crippen LogP contribution is 2.31. The van der Waals surface area contributed by atoms with Gasteiger partial charge in [0.05, 0.1) is 0 Å². The minimum Gasteiger partial charge on any atom is -0.504 e. The molecule has 0 aliphatic rings. The fourth-order valence-electron chi connectivity index (χ4n) is 2.95. The van der Waals surface area contributed by atoms with Gasteiger partial charge >= 0.3 is 6.16 Å². The standard InChI is InChI=1S/C20H31ClO4/c21-16-11-9-7-5-3-1-2-4-6-8-10-13-17-14-12-15-18(19(17)22)25-20(23)24/h12,14-15,22H,1-11,13,16H2,(H,23,24). The number of alkyl halides is 1. The van der Waals surface area contributed by atoms with Crippen molar-refractivity contribution in [3.05, 3.63) is 23.8 Å². The zero-order valence-corrected chi connectivity index (χ0v) is 15.8. The summed E-state index contributed by atoms with van der Waals surface area (Å²) in [5.41, 5.74) is 0.746. The van der Waals surface area contributed by atoms with Crippen LogP contribution in [0.5, 0.6) is 11.5 Å². The number of phenols is 1. The van der Waals surface area contributed by atoms with Crippen molar-refractivity contribution in [2.24, 2.45) is 0 Å². The van der Waals surface area contributed by atoms with Gasteiger partial charge in [0.2, 0.25) is 0 Å². The topological polar surface area (TPSA) is 66.8 Å². The van der Waals surface area contributed by atoms with E-state index in [0.717, 1.165) is 37.1 Å². The smallest absolute Gasteiger partial charge is 0.504 e. The lowest BCUT2D eigenvalue weighted by atomic mass is 10.0. The summed E-state index contributed by atoms with van der Waals surface area (Å²) in [6, 6.07) is 4.98. The van der Waals surface area contributed by atoms with Gasteiger partial charge in [0, 0.05) is 5.88 Å². The molecule has 5 heteroatoms. The molecule has 4 nitrogen and oxygen atoms in total. The summed E-state index contributed by atoms with van der Waals surface area (Å²) in [7, 11) is 0. The minimum atomic E-state index is -1.41. The van der Waals surface area contributed by atoms with Crippen molar-refractivity contribution in [1.29, 1.82) is 0 Å². The molecule has 25 heavy (non-hydrogen) atoms. The lowest BCUT2D eigenvalue weighted by molar-refractivity contribution is 0.143. The maximum atomic E-state index is 10.6. The average Bonchev–Trinajstić information content (AvgIpc) is 2.58. The van der Waals surface area contributed by atoms with E-state index in [9.17, 15) is 9.90 Å². The van der Waals surface area contributed by atoms with E-state index in [0.29, 0.717) is 0 Å². The Morgan fingerprint density at radius 3 is 1.92 bits per heavy atom. The predicted octanol–water partition coefficient (Wildman–Crippen LogP) is 6.52. The van der Waals surface area contributed by atoms with E-state index >= 15 is 0 Å². The molecule has 0 amide bonds. The molecule has 0 atom stereocenters. The monoisotopic (exact) mass is 370 g/mol. The van der Waals surface area contributed by atoms with Crippen LogP contribution in [0.1, 0.15) is 76.2 Å². The summed E-state index contributed by atoms with van der Waals surface area (Å²) in [5.74, 6) is 0.740. The zero-order chi connectivity index (χ0) is 18.3. The van der Waals surface area contributed by atoms with Crippen LogP contribution in [-0.2, 0) is 6.42 Å². The Bertz CT molecular complexity index is 491. The first-order valence-corrected chi connectivity index (χ1v) is 9.96. The number of para-hydroxylation sites is 1. The van der Waals surface area contributed by atoms with Crippen molar-refractivity contribution in [2.45, 2.75) is 77.0 Å². The third-order valence-electron chi connectivity index (χ3n) is 4.36. The third-order valence-corrected chi connectivity index (χ3v) is 4.63. The second-order valence-electron chi connectivity index (χ2n) is 6.46. The average molecular weight is 371 g/mol. The SMILES string of the molecule is O=C(O)Oc1cccc(CCCCCCCCCCCCCCl)c1O. The van der Waals surface area contributed by atoms with Gasteiger partial charge in [0.25, 0.3) is 0 Å². The van der Waals surface area contributed by atoms with Crippen LogP contribution in [0.2, 0.25) is 0 Å². The van der Waals surface area contributed by atoms with Gasteiger partial charge in [0.1, 0.15) is 0 Å². The van der Waals surface area contributed by atoms with Gasteiger partial charge in [-0.25, -0.2) is 4.79 Å². The molecular weight excluding hydrogens is 340 g/mol. The van der Waals surface area contributed by atoms with Gasteiger partial charge in [-0.15, -0.1) is 11.6 Å². The fourth-order valence-corrected chi connectivity index (χ4v) is 3.14. The third kappa shape index (κ3) is 10.2. The molecule has 0 saturated carbocycles. The highest BCUT2D eigenvalue weighted by Gasteiger charge is 2.10. The van der Waals surface area contributed by atoms with Crippen LogP contribution in [0.4, 0.5) is 4.79 Å². The Labute approximate surface area is 156 Å². The van der Waals surface area contributed by atoms with E-state index < -0.39 is 6.16 Å². The summed E-state index contributed by atoms with van der Waals surface area (Å²) in [5, 5.41) is 18.7. The molecule has 1 aromatic carbocycles. The molecule has 0 radical (unpaired) electrons. The number of hydrogen-bond donors (Lipinski definition) is 2. The Hall–Kier alpha value is -1.42. The first kappa shape index (κ1) is 21.6. The van der Waals surface area contributed by atoms with E-state index in [1.165, 1.54) is 57.4 Å². The lowest BCUT2D eigenvalue weighted by Crippen LogP contribution is -2.03. The van der Waals surface area contributed by atoms with Crippen molar-refractivity contribution >= 4 is 17.8 Å². The van der Waals surface area contributed by atoms with E-state index in [4.69, 9.17) is 16.7 Å². The highest BCUT2D eigenvalue weighted by molar-refractivity contribution is 6.17. The number of carbonyl (C=O) groups is 1. The molecule has 0 aromatic heterocycles. The van der Waals surface area contributed by atoms with Crippen molar-refractivity contribution in [3.8, 4) is 11.5 Å². The number of aryl methyl sites for hydroxylation is 1. The number of hydrogen-bond acceptors (Lipinski definition) is 3. The van der Waals surface area contributed by atoms with Crippen molar-refractivity contribution in [1.82, 2.24) is 0 Å². The highest BCUT2D eigenvalue weighted by atomic mass is 35.5. The first-order valence-electron chi connectivity index (χ1n) is 9.42. The number of rotatable bonds is 14. The first-order chi connectivity index (χ1) is 12.1. The number of benzene rings is 1. The normalized spacial score (nSPS) is 10.8. The summed E-state index contributed by atoms with van der Waals surface area (Å²) in [6.45, 7) is 0. The van der Waals surface area contributed by atoms with Crippen LogP contribution in [0, 0.1) is 0 Å². The lowest BCUT2D eigenvalue weighted by Gasteiger charge is -2.08. The summed E-state index contributed by atoms with van der Waals surface area (Å²) >= 11 is 5.66. The Balaban J connectivity index is 2.06. The Morgan fingerprint density at radius 1 is 0.880 bits per heavy atom. The van der Waals surface area contributed by atoms with E-state index in [1.54, 1.807) is 6.07 Å². The molecule has 0 aliphatic heterocycles. The maximum absolute atomic E-state index is 10.6. The number of carboxylic acid groups (broad SMARTS) is 1. The van der Waals surface area contributed by atoms with Gasteiger partial charge in [0.15, 0.2) is 11.5 Å². The molecule has 0 saturated heterocycles. The number of unbranched alkanes of at least 4 members (excludes halogenated alkanes) is 10. The van der Waals surface area contributed by atoms with Crippen LogP contribution in [0.25, 0.3) is 0 Å². The quantitative estimate of drug-likeness (QED) is 0.169. The van der Waals surface area contributed by atoms with E-state index in [2.05, 4.69) is 4.74 Å². The Kier molecular flexibility index (Phi) is 12.0. The second-order valence-corrected chi connectivity index (χ2v) is 6.84. The molecular formula is C20H31ClO4. The van der Waals surface area contributed by atoms with Gasteiger partial charge in [-0.05, 0) is 30.9 Å². The number of aromatic hydroxyl groups is 1. The molecule has 0 unspecified atom stereocenters. The van der Waals surface area contributed by atoms with Gasteiger partial charge < -0.3 is 14.9 Å². The van der Waals surface area contributed by atoms with Crippen LogP contribution in [-0.4, -0.2) is 22.2 Å². The molecule has 0 fully saturated rings. The largest absolute Gasteiger partial charge is 0.511 e. The van der Waals surface area contributed by atoms with Gasteiger partial charge in [-0.1, -0.05) is 69.9 Å². The number of halogens is 1. The number of ether oxygens (including phenoxy) is 1. The van der Waals surface area contributed by atoms with E-state index in [-0.39, 0.29) is 11.5 Å². The van der Waals surface area contributed by atoms with Crippen molar-refractivity contribution in [2.75, 3.05) is 5.88 Å². The summed E-state index contributed by atoms with van der Waals surface area (Å²) in [4.78, 5) is 10.6. The molecule has 0 aliphatic carbocycles. The van der Waals surface area contributed by atoms with Crippen LogP contribution in [0.3, 0.4) is 0 Å². The summed E-state index contributed by atoms with van der Waals surface area (Å²) in [6.07, 6.45) is 12.9. The molecule has 0 bridgehead atoms. The maximum Gasteiger partial charge on any atom is 0.511 e. The van der Waals surface area contributed by atoms with Gasteiger partial charge in [-0.2, -0.15) is 0 Å². The van der Waals surface area contributed by atoms with Crippen LogP contribution in [0.15, 0.2) is 18.2 Å². The van der Waals surface area contributed by atoms with Crippen LogP contribution >= 0.6 is 11.6 Å². The number of phenolic OH excluding ortho intramolecular Hbond substituents is 1. The fraction of sp³-hybridized carbons (Fsp3) is 0.650. The minimum absolute atomic E-state index is 0.0102. The molecule has 1 rings (SSSR count). The zero-order valence-electron chi connectivity index (χ0n) is 15.0. The second kappa shape index (κ2) is 13.8. The molecule has 0 heterocycles. The molecule has 142 valence electrons. The van der Waals surface area contributed by atoms with Crippen molar-refractivity contribution in [3.63, 3.8) is 0 Å². The molecule has 2 N–H and O–H groups in total. The van der Waals surface area contributed by atoms with Crippen molar-refractivity contribution < 1.29 is 19.7 Å². The molecule has 0 spiro atoms. The Morgan fingerprint density at radius 2 is 1.40 bits per heavy atom. The van der Waals surface area contributed by atoms with Gasteiger partial charge in [-0.3, -0.25) is 0 Å². The van der Waals surface area contributed by atoms with Crippen LogP contribution < -0.4 is 4.74 Å². The predicted molar refractivity (Wildman–Crippen MR) is 102 cm³/mol.